The van der Waals surface area contributed by atoms with E-state index in [1.54, 1.807) is 24.4 Å². The van der Waals surface area contributed by atoms with Crippen molar-refractivity contribution in [2.24, 2.45) is 16.5 Å². The number of amidine groups is 1. The summed E-state index contributed by atoms with van der Waals surface area (Å²) >= 11 is 0. The van der Waals surface area contributed by atoms with E-state index in [2.05, 4.69) is 10.3 Å². The molecule has 5 N–H and O–H groups in total. The fourth-order valence-electron chi connectivity index (χ4n) is 2.49. The lowest BCUT2D eigenvalue weighted by atomic mass is 10.1. The average Bonchev–Trinajstić information content (AvgIpc) is 2.55. The van der Waals surface area contributed by atoms with E-state index < -0.39 is 15.8 Å². The van der Waals surface area contributed by atoms with Crippen molar-refractivity contribution in [1.82, 2.24) is 9.62 Å². The zero-order chi connectivity index (χ0) is 16.5. The van der Waals surface area contributed by atoms with Crippen LogP contribution < -0.4 is 16.8 Å². The molecule has 9 heteroatoms. The van der Waals surface area contributed by atoms with Crippen molar-refractivity contribution >= 4 is 15.9 Å². The van der Waals surface area contributed by atoms with Crippen LogP contribution in [0.1, 0.15) is 5.56 Å². The average molecular weight is 337 g/mol. The van der Waals surface area contributed by atoms with Crippen molar-refractivity contribution in [1.29, 1.82) is 0 Å². The third-order valence-corrected chi connectivity index (χ3v) is 5.68. The molecule has 8 nitrogen and oxygen atoms in total. The van der Waals surface area contributed by atoms with Crippen LogP contribution in [0.4, 0.5) is 0 Å². The van der Waals surface area contributed by atoms with E-state index >= 15 is 0 Å². The number of ether oxygens (including phenoxy) is 1. The molecule has 0 bridgehead atoms. The molecule has 0 spiro atoms. The predicted molar refractivity (Wildman–Crippen MR) is 85.8 cm³/mol. The summed E-state index contributed by atoms with van der Waals surface area (Å²) in [5.74, 6) is -0.892. The van der Waals surface area contributed by atoms with Crippen LogP contribution in [0.2, 0.25) is 0 Å². The van der Waals surface area contributed by atoms with Crippen molar-refractivity contribution in [3.8, 4) is 0 Å². The van der Waals surface area contributed by atoms with Gasteiger partial charge < -0.3 is 15.8 Å². The molecule has 1 atom stereocenters. The Morgan fingerprint density at radius 2 is 1.87 bits per heavy atom. The number of hydrogen-bond acceptors (Lipinski definition) is 7. The SMILES string of the molecule is NC1=NC(N)(c2ccc(S(=O)(=O)N3CCOCC3)cc2)NC=C1. The highest BCUT2D eigenvalue weighted by Crippen LogP contribution is 2.23. The minimum absolute atomic E-state index is 0.218. The zero-order valence-corrected chi connectivity index (χ0v) is 13.3. The van der Waals surface area contributed by atoms with Gasteiger partial charge in [-0.25, -0.2) is 13.4 Å². The summed E-state index contributed by atoms with van der Waals surface area (Å²) in [6.07, 6.45) is 3.21. The van der Waals surface area contributed by atoms with Crippen molar-refractivity contribution in [2.45, 2.75) is 10.7 Å². The van der Waals surface area contributed by atoms with Gasteiger partial charge in [-0.3, -0.25) is 5.73 Å². The highest BCUT2D eigenvalue weighted by atomic mass is 32.2. The van der Waals surface area contributed by atoms with Gasteiger partial charge in [0, 0.05) is 24.9 Å². The fraction of sp³-hybridized carbons (Fsp3) is 0.357. The summed E-state index contributed by atoms with van der Waals surface area (Å²) in [6, 6.07) is 6.33. The molecule has 23 heavy (non-hydrogen) atoms. The highest BCUT2D eigenvalue weighted by Gasteiger charge is 2.30. The largest absolute Gasteiger partial charge is 0.384 e. The number of hydrogen-bond donors (Lipinski definition) is 3. The Hall–Kier alpha value is -1.94. The first-order chi connectivity index (χ1) is 10.9. The lowest BCUT2D eigenvalue weighted by molar-refractivity contribution is 0.0730. The first kappa shape index (κ1) is 15.9. The second-order valence-electron chi connectivity index (χ2n) is 5.32. The summed E-state index contributed by atoms with van der Waals surface area (Å²) in [6.45, 7) is 1.54. The second kappa shape index (κ2) is 5.93. The standard InChI is InChI=1S/C14H19N5O3S/c15-13-5-6-17-14(16,18-13)11-1-3-12(4-2-11)23(20,21)19-7-9-22-10-8-19/h1-6,17H,7-10,16H2,(H2,15,18). The molecule has 124 valence electrons. The molecule has 1 aromatic carbocycles. The van der Waals surface area contributed by atoms with Crippen LogP contribution in [-0.2, 0) is 20.5 Å². The molecule has 0 aromatic heterocycles. The van der Waals surface area contributed by atoms with Crippen LogP contribution in [0.25, 0.3) is 0 Å². The van der Waals surface area contributed by atoms with Crippen LogP contribution in [0.3, 0.4) is 0 Å². The molecule has 0 aliphatic carbocycles. The molecule has 2 aliphatic rings. The predicted octanol–water partition coefficient (Wildman–Crippen LogP) is -0.749. The van der Waals surface area contributed by atoms with Crippen molar-refractivity contribution in [3.63, 3.8) is 0 Å². The van der Waals surface area contributed by atoms with Gasteiger partial charge in [-0.05, 0) is 18.2 Å². The molecule has 0 amide bonds. The van der Waals surface area contributed by atoms with Crippen LogP contribution in [0.5, 0.6) is 0 Å². The number of morpholine rings is 1. The fourth-order valence-corrected chi connectivity index (χ4v) is 3.90. The molecule has 1 unspecified atom stereocenters. The van der Waals surface area contributed by atoms with E-state index in [-0.39, 0.29) is 4.90 Å². The van der Waals surface area contributed by atoms with Gasteiger partial charge in [0.15, 0.2) is 0 Å². The molecule has 0 radical (unpaired) electrons. The Morgan fingerprint density at radius 1 is 1.22 bits per heavy atom. The highest BCUT2D eigenvalue weighted by molar-refractivity contribution is 7.89. The molecule has 1 saturated heterocycles. The van der Waals surface area contributed by atoms with Gasteiger partial charge >= 0.3 is 0 Å². The van der Waals surface area contributed by atoms with Crippen molar-refractivity contribution in [3.05, 3.63) is 42.1 Å². The van der Waals surface area contributed by atoms with E-state index in [0.717, 1.165) is 0 Å². The van der Waals surface area contributed by atoms with Gasteiger partial charge in [0.25, 0.3) is 0 Å². The minimum Gasteiger partial charge on any atom is -0.384 e. The minimum atomic E-state index is -3.52. The number of benzene rings is 1. The Morgan fingerprint density at radius 3 is 2.48 bits per heavy atom. The van der Waals surface area contributed by atoms with E-state index in [9.17, 15) is 8.42 Å². The quantitative estimate of drug-likeness (QED) is 0.667. The second-order valence-corrected chi connectivity index (χ2v) is 7.26. The molecule has 1 fully saturated rings. The van der Waals surface area contributed by atoms with Crippen LogP contribution >= 0.6 is 0 Å². The third-order valence-electron chi connectivity index (χ3n) is 3.77. The van der Waals surface area contributed by atoms with Gasteiger partial charge in [-0.2, -0.15) is 4.31 Å². The number of nitrogens with zero attached hydrogens (tertiary/aromatic N) is 2. The Labute approximate surface area is 134 Å². The number of rotatable bonds is 3. The first-order valence-corrected chi connectivity index (χ1v) is 8.63. The Balaban J connectivity index is 1.86. The number of aliphatic imine (C=N–C) groups is 1. The Bertz CT molecular complexity index is 738. The monoisotopic (exact) mass is 337 g/mol. The molecule has 3 rings (SSSR count). The lowest BCUT2D eigenvalue weighted by Crippen LogP contribution is -2.49. The molecule has 0 saturated carbocycles. The molecular formula is C14H19N5O3S. The van der Waals surface area contributed by atoms with Crippen LogP contribution in [-0.4, -0.2) is 44.9 Å². The van der Waals surface area contributed by atoms with E-state index in [0.29, 0.717) is 37.7 Å². The lowest BCUT2D eigenvalue weighted by Gasteiger charge is -2.29. The van der Waals surface area contributed by atoms with Crippen molar-refractivity contribution in [2.75, 3.05) is 26.3 Å². The van der Waals surface area contributed by atoms with Gasteiger partial charge in [-0.1, -0.05) is 12.1 Å². The topological polar surface area (TPSA) is 123 Å². The smallest absolute Gasteiger partial charge is 0.243 e. The maximum absolute atomic E-state index is 12.6. The number of nitrogens with one attached hydrogen (secondary N) is 1. The number of sulfonamides is 1. The molecule has 1 aromatic rings. The van der Waals surface area contributed by atoms with Gasteiger partial charge in [0.05, 0.1) is 18.1 Å². The maximum Gasteiger partial charge on any atom is 0.243 e. The van der Waals surface area contributed by atoms with E-state index in [1.165, 1.54) is 16.4 Å². The van der Waals surface area contributed by atoms with Gasteiger partial charge in [0.1, 0.15) is 5.84 Å². The molecular weight excluding hydrogens is 318 g/mol. The molecule has 2 aliphatic heterocycles. The summed E-state index contributed by atoms with van der Waals surface area (Å²) in [5, 5.41) is 2.92. The van der Waals surface area contributed by atoms with E-state index in [1.807, 2.05) is 0 Å². The van der Waals surface area contributed by atoms with Crippen LogP contribution in [0, 0.1) is 0 Å². The maximum atomic E-state index is 12.6. The van der Waals surface area contributed by atoms with Crippen molar-refractivity contribution < 1.29 is 13.2 Å². The van der Waals surface area contributed by atoms with E-state index in [4.69, 9.17) is 16.2 Å². The summed E-state index contributed by atoms with van der Waals surface area (Å²) in [7, 11) is -3.52. The summed E-state index contributed by atoms with van der Waals surface area (Å²) in [4.78, 5) is 4.38. The third kappa shape index (κ3) is 3.08. The zero-order valence-electron chi connectivity index (χ0n) is 12.5. The Kier molecular flexibility index (Phi) is 4.11. The summed E-state index contributed by atoms with van der Waals surface area (Å²) < 4.78 is 31.7. The number of nitrogens with two attached hydrogens (primary N) is 2. The van der Waals surface area contributed by atoms with Crippen LogP contribution in [0.15, 0.2) is 46.4 Å². The van der Waals surface area contributed by atoms with Gasteiger partial charge in [-0.15, -0.1) is 0 Å². The molecule has 2 heterocycles. The summed E-state index contributed by atoms with van der Waals surface area (Å²) in [5.41, 5.74) is 12.5. The normalized spacial score (nSPS) is 25.7. The first-order valence-electron chi connectivity index (χ1n) is 7.19. The van der Waals surface area contributed by atoms with Gasteiger partial charge in [0.2, 0.25) is 15.8 Å².